The number of carbonyl (C=O) groups is 2. The molecule has 2 aromatic carbocycles. The first-order valence-electron chi connectivity index (χ1n) is 12.1. The Morgan fingerprint density at radius 2 is 1.54 bits per heavy atom. The molecule has 0 saturated carbocycles. The molecule has 5 rings (SSSR count). The quantitative estimate of drug-likeness (QED) is 0.676. The van der Waals surface area contributed by atoms with Crippen LogP contribution in [0, 0.1) is 5.92 Å². The third-order valence-corrected chi connectivity index (χ3v) is 6.71. The number of hydrogen-bond donors (Lipinski definition) is 2. The third-order valence-electron chi connectivity index (χ3n) is 6.71. The summed E-state index contributed by atoms with van der Waals surface area (Å²) in [4.78, 5) is 24.6. The van der Waals surface area contributed by atoms with Gasteiger partial charge in [0, 0.05) is 18.4 Å². The zero-order chi connectivity index (χ0) is 24.6. The molecular weight excluding hydrogens is 448 g/mol. The highest BCUT2D eigenvalue weighted by atomic mass is 16.6. The molecule has 8 nitrogen and oxygen atoms in total. The van der Waals surface area contributed by atoms with Crippen LogP contribution in [0.5, 0.6) is 0 Å². The normalized spacial score (nSPS) is 24.9. The molecule has 0 unspecified atom stereocenters. The van der Waals surface area contributed by atoms with Crippen molar-refractivity contribution in [1.82, 2.24) is 10.6 Å². The lowest BCUT2D eigenvalue weighted by Crippen LogP contribution is -2.46. The zero-order valence-electron chi connectivity index (χ0n) is 20.3. The van der Waals surface area contributed by atoms with E-state index in [0.29, 0.717) is 19.8 Å². The van der Waals surface area contributed by atoms with Crippen LogP contribution in [-0.4, -0.2) is 62.4 Å². The van der Waals surface area contributed by atoms with Crippen LogP contribution >= 0.6 is 0 Å². The van der Waals surface area contributed by atoms with Gasteiger partial charge in [-0.25, -0.2) is 9.59 Å². The van der Waals surface area contributed by atoms with Gasteiger partial charge in [0.25, 0.3) is 0 Å². The minimum atomic E-state index is -0.574. The number of alkyl carbamates (subject to hydrolysis) is 2. The van der Waals surface area contributed by atoms with Crippen LogP contribution in [0.3, 0.4) is 0 Å². The molecule has 2 saturated heterocycles. The SMILES string of the molecule is CC(C)(C)OC(=O)N[C@H]1CO[C@@H]2[C@@H](CNC(=O)OCC3c4ccccc4-c4ccccc43)CO[C@@H]21. The fourth-order valence-corrected chi connectivity index (χ4v) is 5.20. The number of benzene rings is 2. The molecule has 2 aliphatic heterocycles. The number of carbonyl (C=O) groups excluding carboxylic acids is 2. The summed E-state index contributed by atoms with van der Waals surface area (Å²) in [7, 11) is 0. The highest BCUT2D eigenvalue weighted by molar-refractivity contribution is 5.79. The van der Waals surface area contributed by atoms with Gasteiger partial charge in [-0.1, -0.05) is 48.5 Å². The molecule has 1 aliphatic carbocycles. The van der Waals surface area contributed by atoms with E-state index in [-0.39, 0.29) is 36.7 Å². The lowest BCUT2D eigenvalue weighted by atomic mass is 9.98. The van der Waals surface area contributed by atoms with Gasteiger partial charge in [0.2, 0.25) is 0 Å². The topological polar surface area (TPSA) is 95.1 Å². The Morgan fingerprint density at radius 1 is 0.914 bits per heavy atom. The summed E-state index contributed by atoms with van der Waals surface area (Å²) in [5.74, 6) is -0.00360. The van der Waals surface area contributed by atoms with Gasteiger partial charge in [0.1, 0.15) is 18.3 Å². The smallest absolute Gasteiger partial charge is 0.408 e. The molecule has 186 valence electrons. The molecule has 3 aliphatic rings. The Bertz CT molecular complexity index is 1050. The maximum Gasteiger partial charge on any atom is 0.408 e. The lowest BCUT2D eigenvalue weighted by molar-refractivity contribution is 0.0405. The van der Waals surface area contributed by atoms with Crippen molar-refractivity contribution in [3.63, 3.8) is 0 Å². The van der Waals surface area contributed by atoms with Crippen molar-refractivity contribution in [2.75, 3.05) is 26.4 Å². The largest absolute Gasteiger partial charge is 0.449 e. The molecule has 2 heterocycles. The Labute approximate surface area is 205 Å². The highest BCUT2D eigenvalue weighted by Crippen LogP contribution is 2.44. The summed E-state index contributed by atoms with van der Waals surface area (Å²) in [6.07, 6.45) is -1.42. The molecule has 0 radical (unpaired) electrons. The van der Waals surface area contributed by atoms with Gasteiger partial charge in [-0.3, -0.25) is 0 Å². The average Bonchev–Trinajstić information content (AvgIpc) is 3.48. The van der Waals surface area contributed by atoms with Gasteiger partial charge >= 0.3 is 12.2 Å². The molecule has 0 spiro atoms. The van der Waals surface area contributed by atoms with Crippen molar-refractivity contribution in [3.8, 4) is 11.1 Å². The molecule has 0 bridgehead atoms. The van der Waals surface area contributed by atoms with Gasteiger partial charge in [-0.15, -0.1) is 0 Å². The van der Waals surface area contributed by atoms with E-state index in [1.54, 1.807) is 0 Å². The van der Waals surface area contributed by atoms with Crippen molar-refractivity contribution in [3.05, 3.63) is 59.7 Å². The maximum absolute atomic E-state index is 12.5. The van der Waals surface area contributed by atoms with Gasteiger partial charge < -0.3 is 29.6 Å². The van der Waals surface area contributed by atoms with Crippen LogP contribution in [0.1, 0.15) is 37.8 Å². The third kappa shape index (κ3) is 4.99. The summed E-state index contributed by atoms with van der Waals surface area (Å²) < 4.78 is 22.8. The number of ether oxygens (including phenoxy) is 4. The highest BCUT2D eigenvalue weighted by Gasteiger charge is 2.48. The first-order chi connectivity index (χ1) is 16.8. The minimum Gasteiger partial charge on any atom is -0.449 e. The van der Waals surface area contributed by atoms with E-state index in [1.165, 1.54) is 22.3 Å². The molecule has 2 aromatic rings. The molecule has 2 N–H and O–H groups in total. The first kappa shape index (κ1) is 23.6. The first-order valence-corrected chi connectivity index (χ1v) is 12.1. The summed E-state index contributed by atoms with van der Waals surface area (Å²) in [6, 6.07) is 16.2. The Morgan fingerprint density at radius 3 is 2.20 bits per heavy atom. The predicted octanol–water partition coefficient (Wildman–Crippen LogP) is 3.83. The van der Waals surface area contributed by atoms with E-state index in [9.17, 15) is 9.59 Å². The molecule has 0 aromatic heterocycles. The number of nitrogens with one attached hydrogen (secondary N) is 2. The van der Waals surface area contributed by atoms with Crippen LogP contribution < -0.4 is 10.6 Å². The van der Waals surface area contributed by atoms with Crippen molar-refractivity contribution in [1.29, 1.82) is 0 Å². The molecule has 4 atom stereocenters. The Balaban J connectivity index is 1.11. The monoisotopic (exact) mass is 480 g/mol. The van der Waals surface area contributed by atoms with Crippen LogP contribution in [0.2, 0.25) is 0 Å². The van der Waals surface area contributed by atoms with E-state index >= 15 is 0 Å². The Hall–Kier alpha value is -3.10. The second kappa shape index (κ2) is 9.51. The van der Waals surface area contributed by atoms with Crippen molar-refractivity contribution < 1.29 is 28.5 Å². The van der Waals surface area contributed by atoms with E-state index < -0.39 is 17.8 Å². The van der Waals surface area contributed by atoms with Crippen LogP contribution in [-0.2, 0) is 18.9 Å². The van der Waals surface area contributed by atoms with E-state index in [1.807, 2.05) is 45.0 Å². The number of fused-ring (bicyclic) bond motifs is 4. The van der Waals surface area contributed by atoms with E-state index in [2.05, 4.69) is 34.9 Å². The van der Waals surface area contributed by atoms with Crippen LogP contribution in [0.25, 0.3) is 11.1 Å². The van der Waals surface area contributed by atoms with Crippen LogP contribution in [0.15, 0.2) is 48.5 Å². The lowest BCUT2D eigenvalue weighted by Gasteiger charge is -2.23. The Kier molecular flexibility index (Phi) is 6.42. The van der Waals surface area contributed by atoms with Gasteiger partial charge in [-0.05, 0) is 43.0 Å². The molecule has 8 heteroatoms. The zero-order valence-corrected chi connectivity index (χ0v) is 20.3. The average molecular weight is 481 g/mol. The summed E-state index contributed by atoms with van der Waals surface area (Å²) in [5.41, 5.74) is 4.17. The van der Waals surface area contributed by atoms with E-state index in [0.717, 1.165) is 0 Å². The fraction of sp³-hybridized carbons (Fsp3) is 0.481. The minimum absolute atomic E-state index is 0.0187. The van der Waals surface area contributed by atoms with Crippen molar-refractivity contribution >= 4 is 12.2 Å². The maximum atomic E-state index is 12.5. The number of amides is 2. The number of hydrogen-bond acceptors (Lipinski definition) is 6. The summed E-state index contributed by atoms with van der Waals surface area (Å²) >= 11 is 0. The van der Waals surface area contributed by atoms with E-state index in [4.69, 9.17) is 18.9 Å². The van der Waals surface area contributed by atoms with Gasteiger partial charge in [-0.2, -0.15) is 0 Å². The summed E-state index contributed by atoms with van der Waals surface area (Å²) in [5, 5.41) is 5.70. The molecule has 2 amide bonds. The van der Waals surface area contributed by atoms with Crippen molar-refractivity contribution in [2.45, 2.75) is 50.5 Å². The van der Waals surface area contributed by atoms with Gasteiger partial charge in [0.05, 0.1) is 25.4 Å². The molecular formula is C27H32N2O6. The number of rotatable bonds is 5. The standard InChI is InChI=1S/C27H32N2O6/c1-27(2,3)35-26(31)29-22-15-33-23-16(13-32-24(22)23)12-28-25(30)34-14-21-19-10-6-4-8-17(19)18-9-5-7-11-20(18)21/h4-11,16,21-24H,12-15H2,1-3H3,(H,28,30)(H,29,31)/t16-,22-,23+,24+/m0/s1. The fourth-order valence-electron chi connectivity index (χ4n) is 5.20. The van der Waals surface area contributed by atoms with Crippen molar-refractivity contribution in [2.24, 2.45) is 5.92 Å². The molecule has 2 fully saturated rings. The second-order valence-corrected chi connectivity index (χ2v) is 10.3. The summed E-state index contributed by atoms with van der Waals surface area (Å²) in [6.45, 7) is 6.87. The molecule has 35 heavy (non-hydrogen) atoms. The second-order valence-electron chi connectivity index (χ2n) is 10.3. The van der Waals surface area contributed by atoms with Crippen LogP contribution in [0.4, 0.5) is 9.59 Å². The predicted molar refractivity (Wildman–Crippen MR) is 129 cm³/mol. The van der Waals surface area contributed by atoms with Gasteiger partial charge in [0.15, 0.2) is 0 Å².